The predicted octanol–water partition coefficient (Wildman–Crippen LogP) is 2.04. The molecule has 1 aliphatic rings. The van der Waals surface area contributed by atoms with E-state index in [1.807, 2.05) is 19.2 Å². The molecule has 1 heterocycles. The number of nitrogens with zero attached hydrogens (tertiary/aromatic N) is 1. The van der Waals surface area contributed by atoms with Crippen LogP contribution in [0.2, 0.25) is 0 Å². The number of hydrogen-bond acceptors (Lipinski definition) is 3. The van der Waals surface area contributed by atoms with Gasteiger partial charge in [0, 0.05) is 19.0 Å². The molecule has 3 heteroatoms. The molecular weight excluding hydrogens is 224 g/mol. The van der Waals surface area contributed by atoms with E-state index >= 15 is 0 Å². The minimum absolute atomic E-state index is 0.402. The van der Waals surface area contributed by atoms with Crippen molar-refractivity contribution in [3.8, 4) is 5.75 Å². The molecule has 0 amide bonds. The first-order valence-corrected chi connectivity index (χ1v) is 6.83. The van der Waals surface area contributed by atoms with Crippen molar-refractivity contribution in [1.29, 1.82) is 0 Å². The van der Waals surface area contributed by atoms with Gasteiger partial charge in [0.15, 0.2) is 0 Å². The van der Waals surface area contributed by atoms with Crippen molar-refractivity contribution in [1.82, 2.24) is 10.2 Å². The summed E-state index contributed by atoms with van der Waals surface area (Å²) in [5.74, 6) is 1.47. The summed E-state index contributed by atoms with van der Waals surface area (Å²) in [7, 11) is 4.17. The third-order valence-electron chi connectivity index (χ3n) is 3.99. The monoisotopic (exact) mass is 248 g/mol. The molecule has 2 unspecified atom stereocenters. The van der Waals surface area contributed by atoms with Crippen LogP contribution in [0, 0.1) is 5.92 Å². The number of likely N-dealkylation sites (tertiary alicyclic amines) is 1. The molecule has 0 spiro atoms. The Morgan fingerprint density at radius 1 is 1.44 bits per heavy atom. The van der Waals surface area contributed by atoms with Gasteiger partial charge in [-0.25, -0.2) is 0 Å². The summed E-state index contributed by atoms with van der Waals surface area (Å²) in [6.45, 7) is 3.25. The van der Waals surface area contributed by atoms with Crippen molar-refractivity contribution in [3.63, 3.8) is 0 Å². The number of benzene rings is 1. The van der Waals surface area contributed by atoms with Crippen LogP contribution in [-0.2, 0) is 0 Å². The zero-order valence-electron chi connectivity index (χ0n) is 11.4. The number of hydrogen-bond donors (Lipinski definition) is 2. The largest absolute Gasteiger partial charge is 0.508 e. The van der Waals surface area contributed by atoms with Crippen molar-refractivity contribution >= 4 is 0 Å². The first-order chi connectivity index (χ1) is 8.72. The molecule has 100 valence electrons. The molecule has 1 saturated heterocycles. The normalized spacial score (nSPS) is 22.9. The van der Waals surface area contributed by atoms with E-state index in [1.54, 1.807) is 6.07 Å². The van der Waals surface area contributed by atoms with Crippen molar-refractivity contribution in [2.75, 3.05) is 33.7 Å². The molecule has 2 N–H and O–H groups in total. The Labute approximate surface area is 110 Å². The summed E-state index contributed by atoms with van der Waals surface area (Å²) in [6.07, 6.45) is 2.51. The molecule has 0 aromatic heterocycles. The lowest BCUT2D eigenvalue weighted by Crippen LogP contribution is -2.37. The molecule has 0 aliphatic carbocycles. The Balaban J connectivity index is 2.19. The molecule has 0 saturated carbocycles. The topological polar surface area (TPSA) is 35.5 Å². The average Bonchev–Trinajstić information content (AvgIpc) is 2.37. The molecule has 1 aromatic rings. The summed E-state index contributed by atoms with van der Waals surface area (Å²) in [4.78, 5) is 2.40. The minimum Gasteiger partial charge on any atom is -0.508 e. The third-order valence-corrected chi connectivity index (χ3v) is 3.99. The molecule has 1 aromatic carbocycles. The number of likely N-dealkylation sites (N-methyl/N-ethyl adjacent to an activating group) is 1. The lowest BCUT2D eigenvalue weighted by molar-refractivity contribution is 0.184. The fourth-order valence-electron chi connectivity index (χ4n) is 3.09. The van der Waals surface area contributed by atoms with Gasteiger partial charge in [0.2, 0.25) is 0 Å². The number of para-hydroxylation sites is 1. The maximum atomic E-state index is 10.1. The Morgan fingerprint density at radius 2 is 2.22 bits per heavy atom. The van der Waals surface area contributed by atoms with Crippen LogP contribution >= 0.6 is 0 Å². The molecule has 18 heavy (non-hydrogen) atoms. The van der Waals surface area contributed by atoms with Gasteiger partial charge in [-0.15, -0.1) is 0 Å². The Bertz CT molecular complexity index is 381. The Kier molecular flexibility index (Phi) is 4.61. The van der Waals surface area contributed by atoms with Crippen LogP contribution < -0.4 is 5.32 Å². The fourth-order valence-corrected chi connectivity index (χ4v) is 3.09. The highest BCUT2D eigenvalue weighted by atomic mass is 16.3. The molecule has 1 fully saturated rings. The third kappa shape index (κ3) is 3.03. The highest BCUT2D eigenvalue weighted by molar-refractivity contribution is 5.35. The highest BCUT2D eigenvalue weighted by Crippen LogP contribution is 2.35. The summed E-state index contributed by atoms with van der Waals surface area (Å²) in [5, 5.41) is 13.3. The van der Waals surface area contributed by atoms with Gasteiger partial charge in [-0.05, 0) is 51.0 Å². The molecule has 2 atom stereocenters. The van der Waals surface area contributed by atoms with E-state index in [0.29, 0.717) is 17.6 Å². The average molecular weight is 248 g/mol. The Morgan fingerprint density at radius 3 is 2.89 bits per heavy atom. The van der Waals surface area contributed by atoms with Crippen molar-refractivity contribution < 1.29 is 5.11 Å². The van der Waals surface area contributed by atoms with Crippen LogP contribution in [-0.4, -0.2) is 43.7 Å². The number of nitrogens with one attached hydrogen (secondary N) is 1. The second-order valence-corrected chi connectivity index (χ2v) is 5.39. The quantitative estimate of drug-likeness (QED) is 0.856. The van der Waals surface area contributed by atoms with Crippen LogP contribution in [0.5, 0.6) is 5.75 Å². The smallest absolute Gasteiger partial charge is 0.119 e. The summed E-state index contributed by atoms with van der Waals surface area (Å²) >= 11 is 0. The molecule has 0 radical (unpaired) electrons. The zero-order valence-corrected chi connectivity index (χ0v) is 11.4. The van der Waals surface area contributed by atoms with E-state index in [1.165, 1.54) is 19.4 Å². The van der Waals surface area contributed by atoms with Gasteiger partial charge in [0.25, 0.3) is 0 Å². The van der Waals surface area contributed by atoms with E-state index in [2.05, 4.69) is 23.3 Å². The number of piperidine rings is 1. The van der Waals surface area contributed by atoms with Crippen LogP contribution in [0.25, 0.3) is 0 Å². The highest BCUT2D eigenvalue weighted by Gasteiger charge is 2.28. The molecule has 1 aliphatic heterocycles. The number of phenolic OH excluding ortho intramolecular Hbond substituents is 1. The van der Waals surface area contributed by atoms with E-state index in [-0.39, 0.29) is 0 Å². The van der Waals surface area contributed by atoms with Gasteiger partial charge in [-0.3, -0.25) is 0 Å². The van der Waals surface area contributed by atoms with Gasteiger partial charge in [0.1, 0.15) is 5.75 Å². The summed E-state index contributed by atoms with van der Waals surface area (Å²) in [6, 6.07) is 7.77. The van der Waals surface area contributed by atoms with Gasteiger partial charge in [-0.1, -0.05) is 18.2 Å². The summed E-state index contributed by atoms with van der Waals surface area (Å²) in [5.41, 5.74) is 1.09. The molecule has 3 nitrogen and oxygen atoms in total. The lowest BCUT2D eigenvalue weighted by atomic mass is 9.80. The SMILES string of the molecule is CNCC(c1ccccc1O)C1CCCN(C)C1. The van der Waals surface area contributed by atoms with Crippen LogP contribution in [0.1, 0.15) is 24.3 Å². The number of phenols is 1. The standard InChI is InChI=1S/C15H24N2O/c1-16-10-14(12-6-5-9-17(2)11-12)13-7-3-4-8-15(13)18/h3-4,7-8,12,14,16,18H,5-6,9-11H2,1-2H3. The van der Waals surface area contributed by atoms with Crippen LogP contribution in [0.4, 0.5) is 0 Å². The Hall–Kier alpha value is -1.06. The maximum Gasteiger partial charge on any atom is 0.119 e. The zero-order chi connectivity index (χ0) is 13.0. The van der Waals surface area contributed by atoms with E-state index in [4.69, 9.17) is 0 Å². The van der Waals surface area contributed by atoms with Crippen molar-refractivity contribution in [2.45, 2.75) is 18.8 Å². The van der Waals surface area contributed by atoms with Gasteiger partial charge in [0.05, 0.1) is 0 Å². The predicted molar refractivity (Wildman–Crippen MR) is 75.0 cm³/mol. The van der Waals surface area contributed by atoms with Gasteiger partial charge in [-0.2, -0.15) is 0 Å². The second-order valence-electron chi connectivity index (χ2n) is 5.39. The van der Waals surface area contributed by atoms with Gasteiger partial charge >= 0.3 is 0 Å². The first-order valence-electron chi connectivity index (χ1n) is 6.83. The lowest BCUT2D eigenvalue weighted by Gasteiger charge is -2.35. The van der Waals surface area contributed by atoms with E-state index in [9.17, 15) is 5.11 Å². The fraction of sp³-hybridized carbons (Fsp3) is 0.600. The first kappa shape index (κ1) is 13.4. The molecule has 0 bridgehead atoms. The van der Waals surface area contributed by atoms with Gasteiger partial charge < -0.3 is 15.3 Å². The second kappa shape index (κ2) is 6.21. The molecule has 2 rings (SSSR count). The number of rotatable bonds is 4. The van der Waals surface area contributed by atoms with Crippen LogP contribution in [0.3, 0.4) is 0 Å². The summed E-state index contributed by atoms with van der Waals surface area (Å²) < 4.78 is 0. The molecular formula is C15H24N2O. The van der Waals surface area contributed by atoms with E-state index in [0.717, 1.165) is 18.7 Å². The van der Waals surface area contributed by atoms with E-state index < -0.39 is 0 Å². The van der Waals surface area contributed by atoms with Crippen molar-refractivity contribution in [3.05, 3.63) is 29.8 Å². The van der Waals surface area contributed by atoms with Crippen LogP contribution in [0.15, 0.2) is 24.3 Å². The maximum absolute atomic E-state index is 10.1. The van der Waals surface area contributed by atoms with Crippen molar-refractivity contribution in [2.24, 2.45) is 5.92 Å². The minimum atomic E-state index is 0.402. The number of aromatic hydroxyl groups is 1.